The highest BCUT2D eigenvalue weighted by Crippen LogP contribution is 2.66. The van der Waals surface area contributed by atoms with Gasteiger partial charge in [-0.2, -0.15) is 0 Å². The molecule has 0 N–H and O–H groups in total. The van der Waals surface area contributed by atoms with Crippen molar-refractivity contribution in [2.24, 2.45) is 17.3 Å². The van der Waals surface area contributed by atoms with Crippen molar-refractivity contribution in [2.75, 3.05) is 0 Å². The quantitative estimate of drug-likeness (QED) is 0.851. The number of aromatic nitrogens is 3. The Morgan fingerprint density at radius 1 is 1.30 bits per heavy atom. The van der Waals surface area contributed by atoms with Crippen LogP contribution >= 0.6 is 0 Å². The molecule has 1 aromatic heterocycles. The lowest BCUT2D eigenvalue weighted by molar-refractivity contribution is 0.451. The summed E-state index contributed by atoms with van der Waals surface area (Å²) in [7, 11) is 0. The van der Waals surface area contributed by atoms with Crippen LogP contribution in [0.2, 0.25) is 0 Å². The molecule has 2 aromatic rings. The Morgan fingerprint density at radius 3 is 2.65 bits per heavy atom. The molecule has 20 heavy (non-hydrogen) atoms. The minimum Gasteiger partial charge on any atom is -0.220 e. The van der Waals surface area contributed by atoms with Gasteiger partial charge in [0.25, 0.3) is 0 Å². The highest BCUT2D eigenvalue weighted by Gasteiger charge is 2.60. The zero-order valence-electron chi connectivity index (χ0n) is 12.3. The third-order valence-corrected chi connectivity index (χ3v) is 4.53. The third kappa shape index (κ3) is 2.03. The Balaban J connectivity index is 1.89. The van der Waals surface area contributed by atoms with Crippen molar-refractivity contribution in [1.29, 1.82) is 0 Å². The summed E-state index contributed by atoms with van der Waals surface area (Å²) in [6.45, 7) is 9.07. The van der Waals surface area contributed by atoms with Gasteiger partial charge in [0.05, 0.1) is 17.6 Å². The predicted molar refractivity (Wildman–Crippen MR) is 76.2 cm³/mol. The zero-order chi connectivity index (χ0) is 14.5. The van der Waals surface area contributed by atoms with Gasteiger partial charge in [0.2, 0.25) is 0 Å². The minimum absolute atomic E-state index is 0.258. The van der Waals surface area contributed by atoms with Crippen molar-refractivity contribution in [2.45, 2.75) is 33.6 Å². The van der Waals surface area contributed by atoms with Crippen LogP contribution in [-0.4, -0.2) is 15.0 Å². The fourth-order valence-corrected chi connectivity index (χ4v) is 3.65. The van der Waals surface area contributed by atoms with Crippen LogP contribution in [0.1, 0.15) is 39.3 Å². The SMILES string of the molecule is CC(C)C1[C@@H](c2cn(-c3cccc(F)c3)nn2)C1(C)C. The standard InChI is InChI=1S/C16H20FN3/c1-10(2)14-15(16(14,3)4)13-9-20(19-18-13)12-7-5-6-11(17)8-12/h5-10,14-15H,1-4H3/t14?,15-/m1/s1. The molecule has 2 atom stereocenters. The topological polar surface area (TPSA) is 30.7 Å². The maximum atomic E-state index is 13.3. The van der Waals surface area contributed by atoms with Gasteiger partial charge in [-0.1, -0.05) is 39.0 Å². The van der Waals surface area contributed by atoms with E-state index in [0.29, 0.717) is 23.4 Å². The monoisotopic (exact) mass is 273 g/mol. The molecule has 1 aliphatic carbocycles. The average molecular weight is 273 g/mol. The first-order chi connectivity index (χ1) is 9.41. The maximum absolute atomic E-state index is 13.3. The fourth-order valence-electron chi connectivity index (χ4n) is 3.65. The van der Waals surface area contributed by atoms with Gasteiger partial charge in [-0.3, -0.25) is 0 Å². The molecule has 1 aromatic carbocycles. The number of benzene rings is 1. The Hall–Kier alpha value is -1.71. The van der Waals surface area contributed by atoms with E-state index in [9.17, 15) is 4.39 Å². The van der Waals surface area contributed by atoms with Gasteiger partial charge >= 0.3 is 0 Å². The van der Waals surface area contributed by atoms with E-state index < -0.39 is 0 Å². The summed E-state index contributed by atoms with van der Waals surface area (Å²) >= 11 is 0. The second-order valence-corrected chi connectivity index (χ2v) is 6.64. The van der Waals surface area contributed by atoms with Crippen molar-refractivity contribution in [3.63, 3.8) is 0 Å². The van der Waals surface area contributed by atoms with Gasteiger partial charge in [0.1, 0.15) is 5.82 Å². The summed E-state index contributed by atoms with van der Waals surface area (Å²) in [5.74, 6) is 1.46. The van der Waals surface area contributed by atoms with Gasteiger partial charge < -0.3 is 0 Å². The molecule has 1 fully saturated rings. The molecule has 0 aliphatic heterocycles. The molecule has 3 nitrogen and oxygen atoms in total. The van der Waals surface area contributed by atoms with E-state index in [1.54, 1.807) is 10.7 Å². The molecule has 0 spiro atoms. The lowest BCUT2D eigenvalue weighted by atomic mass is 10.0. The number of hydrogen-bond donors (Lipinski definition) is 0. The third-order valence-electron chi connectivity index (χ3n) is 4.53. The van der Waals surface area contributed by atoms with Gasteiger partial charge in [0, 0.05) is 5.92 Å². The van der Waals surface area contributed by atoms with E-state index in [2.05, 4.69) is 38.0 Å². The zero-order valence-corrected chi connectivity index (χ0v) is 12.3. The molecular formula is C16H20FN3. The Kier molecular flexibility index (Phi) is 2.92. The summed E-state index contributed by atoms with van der Waals surface area (Å²) in [5, 5.41) is 8.45. The van der Waals surface area contributed by atoms with Crippen molar-refractivity contribution in [1.82, 2.24) is 15.0 Å². The smallest absolute Gasteiger partial charge is 0.125 e. The van der Waals surface area contributed by atoms with Crippen molar-refractivity contribution >= 4 is 0 Å². The van der Waals surface area contributed by atoms with Crippen LogP contribution in [0.3, 0.4) is 0 Å². The molecule has 3 rings (SSSR count). The first-order valence-corrected chi connectivity index (χ1v) is 7.09. The van der Waals surface area contributed by atoms with E-state index >= 15 is 0 Å². The van der Waals surface area contributed by atoms with Crippen molar-refractivity contribution < 1.29 is 4.39 Å². The van der Waals surface area contributed by atoms with E-state index in [-0.39, 0.29) is 11.2 Å². The normalized spacial score (nSPS) is 24.1. The summed E-state index contributed by atoms with van der Waals surface area (Å²) in [6.07, 6.45) is 1.93. The first kappa shape index (κ1) is 13.3. The summed E-state index contributed by atoms with van der Waals surface area (Å²) in [6, 6.07) is 6.42. The minimum atomic E-state index is -0.258. The highest BCUT2D eigenvalue weighted by molar-refractivity contribution is 5.33. The molecule has 0 radical (unpaired) electrons. The van der Waals surface area contributed by atoms with Crippen LogP contribution in [0.4, 0.5) is 4.39 Å². The maximum Gasteiger partial charge on any atom is 0.125 e. The average Bonchev–Trinajstić information content (AvgIpc) is 2.73. The van der Waals surface area contributed by atoms with Crippen LogP contribution in [0, 0.1) is 23.1 Å². The van der Waals surface area contributed by atoms with E-state index in [1.165, 1.54) is 12.1 Å². The second kappa shape index (κ2) is 4.40. The molecule has 1 heterocycles. The van der Waals surface area contributed by atoms with Gasteiger partial charge in [-0.05, 0) is 35.4 Å². The summed E-state index contributed by atoms with van der Waals surface area (Å²) in [5.41, 5.74) is 2.00. The largest absolute Gasteiger partial charge is 0.220 e. The number of nitrogens with zero attached hydrogens (tertiary/aromatic N) is 3. The van der Waals surface area contributed by atoms with Gasteiger partial charge in [0.15, 0.2) is 0 Å². The molecule has 106 valence electrons. The van der Waals surface area contributed by atoms with Gasteiger partial charge in [-0.15, -0.1) is 5.10 Å². The molecule has 1 unspecified atom stereocenters. The van der Waals surface area contributed by atoms with Crippen molar-refractivity contribution in [3.8, 4) is 5.69 Å². The second-order valence-electron chi connectivity index (χ2n) is 6.64. The number of rotatable bonds is 3. The Labute approximate surface area is 118 Å². The summed E-state index contributed by atoms with van der Waals surface area (Å²) in [4.78, 5) is 0. The van der Waals surface area contributed by atoms with Gasteiger partial charge in [-0.25, -0.2) is 9.07 Å². The summed E-state index contributed by atoms with van der Waals surface area (Å²) < 4.78 is 14.9. The van der Waals surface area contributed by atoms with Crippen LogP contribution in [0.15, 0.2) is 30.5 Å². The number of hydrogen-bond acceptors (Lipinski definition) is 2. The van der Waals surface area contributed by atoms with Crippen LogP contribution in [0.5, 0.6) is 0 Å². The van der Waals surface area contributed by atoms with Crippen molar-refractivity contribution in [3.05, 3.63) is 42.0 Å². The molecule has 1 saturated carbocycles. The lowest BCUT2D eigenvalue weighted by Crippen LogP contribution is -1.96. The predicted octanol–water partition coefficient (Wildman–Crippen LogP) is 3.80. The van der Waals surface area contributed by atoms with Crippen LogP contribution < -0.4 is 0 Å². The van der Waals surface area contributed by atoms with E-state index in [0.717, 1.165) is 5.69 Å². The fraction of sp³-hybridized carbons (Fsp3) is 0.500. The molecular weight excluding hydrogens is 253 g/mol. The highest BCUT2D eigenvalue weighted by atomic mass is 19.1. The number of halogens is 1. The van der Waals surface area contributed by atoms with Crippen LogP contribution in [-0.2, 0) is 0 Å². The van der Waals surface area contributed by atoms with E-state index in [1.807, 2.05) is 12.3 Å². The molecule has 0 amide bonds. The molecule has 1 aliphatic rings. The lowest BCUT2D eigenvalue weighted by Gasteiger charge is -2.04. The molecule has 4 heteroatoms. The first-order valence-electron chi connectivity index (χ1n) is 7.09. The molecule has 0 saturated heterocycles. The Morgan fingerprint density at radius 2 is 2.05 bits per heavy atom. The molecule has 0 bridgehead atoms. The Bertz CT molecular complexity index is 630. The van der Waals surface area contributed by atoms with Crippen LogP contribution in [0.25, 0.3) is 5.69 Å². The van der Waals surface area contributed by atoms with E-state index in [4.69, 9.17) is 0 Å².